The van der Waals surface area contributed by atoms with E-state index in [2.05, 4.69) is 5.32 Å². The lowest BCUT2D eigenvalue weighted by Gasteiger charge is -2.25. The van der Waals surface area contributed by atoms with E-state index in [0.29, 0.717) is 5.92 Å². The van der Waals surface area contributed by atoms with Gasteiger partial charge in [0.25, 0.3) is 0 Å². The molecule has 1 nitrogen and oxygen atoms in total. The Morgan fingerprint density at radius 2 is 1.92 bits per heavy atom. The van der Waals surface area contributed by atoms with Crippen molar-refractivity contribution >= 4 is 0 Å². The SMILES string of the molecule is CNC(C)C(F)CC1CCCCC1. The van der Waals surface area contributed by atoms with Crippen molar-refractivity contribution in [1.82, 2.24) is 5.32 Å². The summed E-state index contributed by atoms with van der Waals surface area (Å²) >= 11 is 0. The third kappa shape index (κ3) is 3.63. The van der Waals surface area contributed by atoms with Gasteiger partial charge in [-0.25, -0.2) is 4.39 Å². The minimum atomic E-state index is -0.659. The Kier molecular flexibility index (Phi) is 4.71. The van der Waals surface area contributed by atoms with Gasteiger partial charge in [0.05, 0.1) is 0 Å². The Balaban J connectivity index is 2.21. The first-order valence-corrected chi connectivity index (χ1v) is 5.55. The van der Waals surface area contributed by atoms with Crippen molar-refractivity contribution in [1.29, 1.82) is 0 Å². The topological polar surface area (TPSA) is 12.0 Å². The van der Waals surface area contributed by atoms with Gasteiger partial charge in [-0.05, 0) is 26.3 Å². The van der Waals surface area contributed by atoms with Crippen LogP contribution in [0.4, 0.5) is 4.39 Å². The molecule has 1 N–H and O–H groups in total. The first-order valence-electron chi connectivity index (χ1n) is 5.55. The van der Waals surface area contributed by atoms with Gasteiger partial charge in [-0.15, -0.1) is 0 Å². The zero-order chi connectivity index (χ0) is 9.68. The van der Waals surface area contributed by atoms with Gasteiger partial charge in [0.15, 0.2) is 0 Å². The third-order valence-electron chi connectivity index (χ3n) is 3.28. The van der Waals surface area contributed by atoms with Crippen LogP contribution in [-0.4, -0.2) is 19.3 Å². The molecule has 0 aromatic carbocycles. The molecule has 1 saturated carbocycles. The van der Waals surface area contributed by atoms with Gasteiger partial charge >= 0.3 is 0 Å². The minimum absolute atomic E-state index is 0.0157. The second-order valence-electron chi connectivity index (χ2n) is 4.33. The van der Waals surface area contributed by atoms with Crippen molar-refractivity contribution in [3.8, 4) is 0 Å². The largest absolute Gasteiger partial charge is 0.314 e. The average molecular weight is 187 g/mol. The predicted octanol–water partition coefficient (Wildman–Crippen LogP) is 2.90. The highest BCUT2D eigenvalue weighted by Crippen LogP contribution is 2.28. The second kappa shape index (κ2) is 5.58. The van der Waals surface area contributed by atoms with E-state index in [0.717, 1.165) is 6.42 Å². The number of hydrogen-bond donors (Lipinski definition) is 1. The number of hydrogen-bond acceptors (Lipinski definition) is 1. The summed E-state index contributed by atoms with van der Waals surface area (Å²) in [5, 5.41) is 2.98. The van der Waals surface area contributed by atoms with E-state index in [1.807, 2.05) is 14.0 Å². The number of halogens is 1. The summed E-state index contributed by atoms with van der Waals surface area (Å²) in [5.74, 6) is 0.652. The average Bonchev–Trinajstić information content (AvgIpc) is 2.18. The molecular formula is C11H22FN. The molecule has 2 heteroatoms. The first-order chi connectivity index (χ1) is 6.24. The quantitative estimate of drug-likeness (QED) is 0.713. The summed E-state index contributed by atoms with van der Waals surface area (Å²) in [6.45, 7) is 1.92. The van der Waals surface area contributed by atoms with Crippen molar-refractivity contribution in [2.24, 2.45) is 5.92 Å². The molecule has 1 aliphatic carbocycles. The van der Waals surface area contributed by atoms with E-state index in [1.54, 1.807) is 0 Å². The molecule has 1 rings (SSSR count). The summed E-state index contributed by atoms with van der Waals surface area (Å²) in [6.07, 6.45) is 6.58. The van der Waals surface area contributed by atoms with Crippen LogP contribution in [0.3, 0.4) is 0 Å². The van der Waals surface area contributed by atoms with Crippen LogP contribution in [0.25, 0.3) is 0 Å². The summed E-state index contributed by atoms with van der Waals surface area (Å²) in [4.78, 5) is 0. The Morgan fingerprint density at radius 3 is 2.46 bits per heavy atom. The minimum Gasteiger partial charge on any atom is -0.314 e. The number of rotatable bonds is 4. The summed E-state index contributed by atoms with van der Waals surface area (Å²) < 4.78 is 13.5. The van der Waals surface area contributed by atoms with E-state index in [4.69, 9.17) is 0 Å². The van der Waals surface area contributed by atoms with Crippen molar-refractivity contribution in [3.05, 3.63) is 0 Å². The molecular weight excluding hydrogens is 165 g/mol. The summed E-state index contributed by atoms with van der Waals surface area (Å²) in [7, 11) is 1.83. The van der Waals surface area contributed by atoms with Crippen LogP contribution >= 0.6 is 0 Å². The van der Waals surface area contributed by atoms with E-state index >= 15 is 0 Å². The highest BCUT2D eigenvalue weighted by atomic mass is 19.1. The molecule has 0 heterocycles. The maximum absolute atomic E-state index is 13.5. The van der Waals surface area contributed by atoms with Crippen LogP contribution in [0.2, 0.25) is 0 Å². The Morgan fingerprint density at radius 1 is 1.31 bits per heavy atom. The monoisotopic (exact) mass is 187 g/mol. The molecule has 0 aromatic heterocycles. The molecule has 1 aliphatic rings. The van der Waals surface area contributed by atoms with Crippen molar-refractivity contribution < 1.29 is 4.39 Å². The molecule has 0 spiro atoms. The molecule has 0 saturated heterocycles. The maximum atomic E-state index is 13.5. The van der Waals surface area contributed by atoms with Gasteiger partial charge in [0.2, 0.25) is 0 Å². The zero-order valence-corrected chi connectivity index (χ0v) is 8.85. The molecule has 0 amide bonds. The Bertz CT molecular complexity index is 132. The van der Waals surface area contributed by atoms with Gasteiger partial charge in [0, 0.05) is 6.04 Å². The number of nitrogens with one attached hydrogen (secondary N) is 1. The normalized spacial score (nSPS) is 24.2. The smallest absolute Gasteiger partial charge is 0.115 e. The molecule has 1 fully saturated rings. The van der Waals surface area contributed by atoms with Gasteiger partial charge in [-0.1, -0.05) is 32.1 Å². The summed E-state index contributed by atoms with van der Waals surface area (Å²) in [6, 6.07) is 0.0157. The molecule has 2 unspecified atom stereocenters. The van der Waals surface area contributed by atoms with E-state index < -0.39 is 6.17 Å². The molecule has 2 atom stereocenters. The van der Waals surface area contributed by atoms with Crippen LogP contribution in [0.1, 0.15) is 45.4 Å². The van der Waals surface area contributed by atoms with Crippen molar-refractivity contribution in [2.45, 2.75) is 57.7 Å². The zero-order valence-electron chi connectivity index (χ0n) is 8.85. The summed E-state index contributed by atoms with van der Waals surface area (Å²) in [5.41, 5.74) is 0. The fraction of sp³-hybridized carbons (Fsp3) is 1.00. The predicted molar refractivity (Wildman–Crippen MR) is 54.6 cm³/mol. The highest BCUT2D eigenvalue weighted by Gasteiger charge is 2.21. The fourth-order valence-corrected chi connectivity index (χ4v) is 2.13. The van der Waals surface area contributed by atoms with Crippen molar-refractivity contribution in [3.63, 3.8) is 0 Å². The van der Waals surface area contributed by atoms with Crippen LogP contribution < -0.4 is 5.32 Å². The second-order valence-corrected chi connectivity index (χ2v) is 4.33. The first kappa shape index (κ1) is 11.0. The molecule has 0 aliphatic heterocycles. The van der Waals surface area contributed by atoms with E-state index in [9.17, 15) is 4.39 Å². The van der Waals surface area contributed by atoms with Gasteiger partial charge in [0.1, 0.15) is 6.17 Å². The molecule has 0 bridgehead atoms. The van der Waals surface area contributed by atoms with Crippen LogP contribution in [0.15, 0.2) is 0 Å². The fourth-order valence-electron chi connectivity index (χ4n) is 2.13. The lowest BCUT2D eigenvalue weighted by Crippen LogP contribution is -2.33. The molecule has 0 aromatic rings. The molecule has 13 heavy (non-hydrogen) atoms. The van der Waals surface area contributed by atoms with Gasteiger partial charge in [-0.2, -0.15) is 0 Å². The Labute approximate surface area is 81.1 Å². The Hall–Kier alpha value is -0.110. The van der Waals surface area contributed by atoms with E-state index in [1.165, 1.54) is 32.1 Å². The number of alkyl halides is 1. The van der Waals surface area contributed by atoms with Crippen molar-refractivity contribution in [2.75, 3.05) is 7.05 Å². The van der Waals surface area contributed by atoms with E-state index in [-0.39, 0.29) is 6.04 Å². The van der Waals surface area contributed by atoms with Gasteiger partial charge in [-0.3, -0.25) is 0 Å². The lowest BCUT2D eigenvalue weighted by atomic mass is 9.85. The van der Waals surface area contributed by atoms with Crippen LogP contribution in [0.5, 0.6) is 0 Å². The lowest BCUT2D eigenvalue weighted by molar-refractivity contribution is 0.195. The third-order valence-corrected chi connectivity index (χ3v) is 3.28. The highest BCUT2D eigenvalue weighted by molar-refractivity contribution is 4.75. The molecule has 0 radical (unpaired) electrons. The van der Waals surface area contributed by atoms with Crippen LogP contribution in [-0.2, 0) is 0 Å². The van der Waals surface area contributed by atoms with Crippen LogP contribution in [0, 0.1) is 5.92 Å². The maximum Gasteiger partial charge on any atom is 0.115 e. The molecule has 78 valence electrons. The standard InChI is InChI=1S/C11H22FN/c1-9(13-2)11(12)8-10-6-4-3-5-7-10/h9-11,13H,3-8H2,1-2H3. The van der Waals surface area contributed by atoms with Gasteiger partial charge < -0.3 is 5.32 Å².